The van der Waals surface area contributed by atoms with Crippen LogP contribution in [0.4, 0.5) is 5.69 Å². The summed E-state index contributed by atoms with van der Waals surface area (Å²) in [4.78, 5) is 12.5. The summed E-state index contributed by atoms with van der Waals surface area (Å²) in [5.74, 6) is 1.47. The van der Waals surface area contributed by atoms with Crippen LogP contribution in [0.3, 0.4) is 0 Å². The Labute approximate surface area is 202 Å². The first-order valence-corrected chi connectivity index (χ1v) is 13.6. The predicted octanol–water partition coefficient (Wildman–Crippen LogP) is 5.49. The number of hydrogen-bond donors (Lipinski definition) is 1. The summed E-state index contributed by atoms with van der Waals surface area (Å²) in [6.07, 6.45) is 0.724. The molecule has 1 aliphatic heterocycles. The third-order valence-corrected chi connectivity index (χ3v) is 8.89. The SMILES string of the molecule is O=C(CCCN1c2cccc3cccc(c23)S1(=O)=O)NCCSCc1ccc(Cl)c(Cl)c1. The molecule has 1 amide bonds. The lowest BCUT2D eigenvalue weighted by molar-refractivity contribution is -0.121. The summed E-state index contributed by atoms with van der Waals surface area (Å²) in [5, 5.41) is 5.64. The third kappa shape index (κ3) is 4.86. The number of anilines is 1. The molecular formula is C23H22Cl2N2O3S2. The van der Waals surface area contributed by atoms with E-state index in [2.05, 4.69) is 5.32 Å². The molecule has 0 fully saturated rings. The number of sulfonamides is 1. The lowest BCUT2D eigenvalue weighted by atomic mass is 10.1. The topological polar surface area (TPSA) is 66.5 Å². The summed E-state index contributed by atoms with van der Waals surface area (Å²) in [6.45, 7) is 0.827. The summed E-state index contributed by atoms with van der Waals surface area (Å²) in [6, 6.07) is 16.5. The number of amides is 1. The van der Waals surface area contributed by atoms with Gasteiger partial charge in [0.1, 0.15) is 0 Å². The standard InChI is InChI=1S/C23H22Cl2N2O3S2/c24-18-10-9-16(14-19(18)25)15-31-13-11-26-22(28)8-3-12-27-20-6-1-4-17-5-2-7-21(23(17)20)32(27,29)30/h1-2,4-7,9-10,14H,3,8,11-13,15H2,(H,26,28). The van der Waals surface area contributed by atoms with Gasteiger partial charge in [-0.2, -0.15) is 11.8 Å². The number of nitrogens with zero attached hydrogens (tertiary/aromatic N) is 1. The molecule has 0 aliphatic carbocycles. The van der Waals surface area contributed by atoms with Crippen LogP contribution in [0.25, 0.3) is 10.8 Å². The van der Waals surface area contributed by atoms with Gasteiger partial charge in [-0.3, -0.25) is 9.10 Å². The number of hydrogen-bond acceptors (Lipinski definition) is 4. The van der Waals surface area contributed by atoms with E-state index in [0.29, 0.717) is 33.6 Å². The second kappa shape index (κ2) is 9.91. The van der Waals surface area contributed by atoms with Crippen LogP contribution in [0.5, 0.6) is 0 Å². The number of halogens is 2. The first-order chi connectivity index (χ1) is 15.4. The van der Waals surface area contributed by atoms with Crippen LogP contribution in [0.15, 0.2) is 59.5 Å². The molecule has 1 aliphatic rings. The average molecular weight is 509 g/mol. The Bertz CT molecular complexity index is 1260. The number of rotatable bonds is 9. The van der Waals surface area contributed by atoms with Crippen molar-refractivity contribution in [2.75, 3.05) is 23.1 Å². The van der Waals surface area contributed by atoms with Gasteiger partial charge < -0.3 is 5.32 Å². The van der Waals surface area contributed by atoms with E-state index in [1.165, 1.54) is 4.31 Å². The van der Waals surface area contributed by atoms with E-state index >= 15 is 0 Å². The third-order valence-electron chi connectivity index (χ3n) is 5.27. The minimum atomic E-state index is -3.57. The highest BCUT2D eigenvalue weighted by Crippen LogP contribution is 2.41. The van der Waals surface area contributed by atoms with E-state index in [4.69, 9.17) is 23.2 Å². The van der Waals surface area contributed by atoms with E-state index in [9.17, 15) is 13.2 Å². The van der Waals surface area contributed by atoms with Crippen LogP contribution in [0, 0.1) is 0 Å². The molecule has 0 atom stereocenters. The Morgan fingerprint density at radius 3 is 2.59 bits per heavy atom. The van der Waals surface area contributed by atoms with Gasteiger partial charge in [-0.05, 0) is 41.6 Å². The second-order valence-electron chi connectivity index (χ2n) is 7.46. The first-order valence-electron chi connectivity index (χ1n) is 10.2. The lowest BCUT2D eigenvalue weighted by Crippen LogP contribution is -2.30. The maximum Gasteiger partial charge on any atom is 0.265 e. The summed E-state index contributed by atoms with van der Waals surface area (Å²) < 4.78 is 27.3. The van der Waals surface area contributed by atoms with Crippen LogP contribution < -0.4 is 9.62 Å². The Kier molecular flexibility index (Phi) is 7.20. The maximum atomic E-state index is 12.9. The molecule has 0 unspecified atom stereocenters. The highest BCUT2D eigenvalue weighted by atomic mass is 35.5. The molecule has 0 saturated heterocycles. The quantitative estimate of drug-likeness (QED) is 0.388. The maximum absolute atomic E-state index is 12.9. The van der Waals surface area contributed by atoms with E-state index < -0.39 is 10.0 Å². The molecule has 0 spiro atoms. The van der Waals surface area contributed by atoms with E-state index in [1.807, 2.05) is 36.4 Å². The van der Waals surface area contributed by atoms with Gasteiger partial charge in [0.15, 0.2) is 0 Å². The number of carbonyl (C=O) groups is 1. The van der Waals surface area contributed by atoms with Gasteiger partial charge in [0.2, 0.25) is 5.91 Å². The van der Waals surface area contributed by atoms with Gasteiger partial charge in [0, 0.05) is 36.4 Å². The summed E-state index contributed by atoms with van der Waals surface area (Å²) in [5.41, 5.74) is 1.77. The van der Waals surface area contributed by atoms with E-state index in [-0.39, 0.29) is 18.9 Å². The average Bonchev–Trinajstić information content (AvgIpc) is 2.99. The fraction of sp³-hybridized carbons (Fsp3) is 0.261. The smallest absolute Gasteiger partial charge is 0.265 e. The minimum Gasteiger partial charge on any atom is -0.355 e. The second-order valence-corrected chi connectivity index (χ2v) is 11.2. The normalized spacial score (nSPS) is 14.1. The van der Waals surface area contributed by atoms with Gasteiger partial charge in [-0.15, -0.1) is 0 Å². The van der Waals surface area contributed by atoms with Crippen molar-refractivity contribution in [3.05, 3.63) is 70.2 Å². The van der Waals surface area contributed by atoms with Crippen LogP contribution in [-0.2, 0) is 20.6 Å². The number of carbonyl (C=O) groups excluding carboxylic acids is 1. The Balaban J connectivity index is 1.22. The monoisotopic (exact) mass is 508 g/mol. The molecule has 3 aromatic rings. The molecule has 0 saturated carbocycles. The van der Waals surface area contributed by atoms with Crippen LogP contribution >= 0.6 is 35.0 Å². The predicted molar refractivity (Wildman–Crippen MR) is 133 cm³/mol. The molecular weight excluding hydrogens is 487 g/mol. The first kappa shape index (κ1) is 23.2. The van der Waals surface area contributed by atoms with Gasteiger partial charge in [-0.1, -0.05) is 53.5 Å². The van der Waals surface area contributed by atoms with Crippen molar-refractivity contribution >= 4 is 67.4 Å². The zero-order valence-corrected chi connectivity index (χ0v) is 20.3. The van der Waals surface area contributed by atoms with Crippen molar-refractivity contribution in [1.29, 1.82) is 0 Å². The molecule has 168 valence electrons. The number of nitrogens with one attached hydrogen (secondary N) is 1. The highest BCUT2D eigenvalue weighted by Gasteiger charge is 2.34. The number of benzene rings is 3. The molecule has 0 aromatic heterocycles. The Morgan fingerprint density at radius 2 is 1.81 bits per heavy atom. The van der Waals surface area contributed by atoms with Crippen molar-refractivity contribution in [2.45, 2.75) is 23.5 Å². The lowest BCUT2D eigenvalue weighted by Gasteiger charge is -2.18. The molecule has 0 radical (unpaired) electrons. The zero-order valence-electron chi connectivity index (χ0n) is 17.2. The molecule has 1 heterocycles. The Morgan fingerprint density at radius 1 is 1.03 bits per heavy atom. The van der Waals surface area contributed by atoms with E-state index in [0.717, 1.165) is 27.8 Å². The van der Waals surface area contributed by atoms with Crippen molar-refractivity contribution < 1.29 is 13.2 Å². The summed E-state index contributed by atoms with van der Waals surface area (Å²) >= 11 is 13.6. The molecule has 9 heteroatoms. The van der Waals surface area contributed by atoms with Crippen LogP contribution in [0.1, 0.15) is 18.4 Å². The van der Waals surface area contributed by atoms with Gasteiger partial charge in [0.05, 0.1) is 20.6 Å². The van der Waals surface area contributed by atoms with Crippen LogP contribution in [-0.4, -0.2) is 33.2 Å². The number of thioether (sulfide) groups is 1. The van der Waals surface area contributed by atoms with Crippen LogP contribution in [0.2, 0.25) is 10.0 Å². The Hall–Kier alpha value is -1.93. The molecule has 0 bridgehead atoms. The minimum absolute atomic E-state index is 0.0764. The fourth-order valence-corrected chi connectivity index (χ4v) is 6.63. The van der Waals surface area contributed by atoms with Crippen molar-refractivity contribution in [3.63, 3.8) is 0 Å². The van der Waals surface area contributed by atoms with Crippen molar-refractivity contribution in [1.82, 2.24) is 5.32 Å². The molecule has 3 aromatic carbocycles. The van der Waals surface area contributed by atoms with E-state index in [1.54, 1.807) is 30.0 Å². The molecule has 32 heavy (non-hydrogen) atoms. The zero-order chi connectivity index (χ0) is 22.7. The molecule has 4 rings (SSSR count). The molecule has 5 nitrogen and oxygen atoms in total. The summed E-state index contributed by atoms with van der Waals surface area (Å²) in [7, 11) is -3.57. The molecule has 1 N–H and O–H groups in total. The fourth-order valence-electron chi connectivity index (χ4n) is 3.75. The van der Waals surface area contributed by atoms with Gasteiger partial charge >= 0.3 is 0 Å². The largest absolute Gasteiger partial charge is 0.355 e. The highest BCUT2D eigenvalue weighted by molar-refractivity contribution is 7.98. The van der Waals surface area contributed by atoms with Gasteiger partial charge in [0.25, 0.3) is 10.0 Å². The van der Waals surface area contributed by atoms with Gasteiger partial charge in [-0.25, -0.2) is 8.42 Å². The van der Waals surface area contributed by atoms with Crippen molar-refractivity contribution in [2.24, 2.45) is 0 Å². The van der Waals surface area contributed by atoms with Crippen molar-refractivity contribution in [3.8, 4) is 0 Å².